The van der Waals surface area contributed by atoms with Crippen LogP contribution in [0.1, 0.15) is 11.6 Å². The molecule has 0 radical (unpaired) electrons. The summed E-state index contributed by atoms with van der Waals surface area (Å²) in [6.07, 6.45) is -0.930. The van der Waals surface area contributed by atoms with Gasteiger partial charge in [-0.05, 0) is 35.9 Å². The molecular weight excluding hydrogens is 423 g/mol. The Morgan fingerprint density at radius 3 is 1.97 bits per heavy atom. The Morgan fingerprint density at radius 1 is 0.733 bits per heavy atom. The maximum absolute atomic E-state index is 13.5. The highest BCUT2D eigenvalue weighted by Crippen LogP contribution is 2.47. The Hall–Kier alpha value is -2.86. The lowest BCUT2D eigenvalue weighted by Crippen LogP contribution is -2.37. The van der Waals surface area contributed by atoms with Gasteiger partial charge in [0.05, 0.1) is 17.4 Å². The van der Waals surface area contributed by atoms with Crippen molar-refractivity contribution >= 4 is 46.4 Å². The van der Waals surface area contributed by atoms with Gasteiger partial charge in [0.25, 0.3) is 5.91 Å². The third-order valence-electron chi connectivity index (χ3n) is 5.37. The van der Waals surface area contributed by atoms with Crippen LogP contribution in [0.25, 0.3) is 0 Å². The van der Waals surface area contributed by atoms with Crippen molar-refractivity contribution < 1.29 is 14.4 Å². The molecule has 30 heavy (non-hydrogen) atoms. The number of carbonyl (C=O) groups is 2. The number of halogens is 2. The highest BCUT2D eigenvalue weighted by molar-refractivity contribution is 6.35. The maximum Gasteiger partial charge on any atom is 0.266 e. The van der Waals surface area contributed by atoms with Crippen molar-refractivity contribution in [1.29, 1.82) is 0 Å². The number of fused-ring (bicyclic) bond motifs is 1. The van der Waals surface area contributed by atoms with Crippen molar-refractivity contribution in [1.82, 2.24) is 0 Å². The molecule has 3 atom stereocenters. The second-order valence-electron chi connectivity index (χ2n) is 7.21. The predicted octanol–water partition coefficient (Wildman–Crippen LogP) is 5.04. The zero-order valence-corrected chi connectivity index (χ0v) is 17.1. The first-order valence-electron chi connectivity index (χ1n) is 9.44. The molecule has 2 heterocycles. The molecule has 0 aliphatic carbocycles. The number of para-hydroxylation sites is 1. The summed E-state index contributed by atoms with van der Waals surface area (Å²) in [7, 11) is 0. The highest BCUT2D eigenvalue weighted by atomic mass is 35.5. The molecule has 2 aliphatic rings. The van der Waals surface area contributed by atoms with Gasteiger partial charge in [0.15, 0.2) is 6.10 Å². The summed E-state index contributed by atoms with van der Waals surface area (Å²) in [6.45, 7) is 0. The van der Waals surface area contributed by atoms with E-state index >= 15 is 0 Å². The largest absolute Gasteiger partial charge is 0.273 e. The van der Waals surface area contributed by atoms with E-state index in [2.05, 4.69) is 0 Å². The molecule has 2 amide bonds. The fraction of sp³-hybridized carbons (Fsp3) is 0.130. The summed E-state index contributed by atoms with van der Waals surface area (Å²) >= 11 is 12.2. The van der Waals surface area contributed by atoms with Crippen LogP contribution in [0, 0.1) is 5.92 Å². The molecule has 0 N–H and O–H groups in total. The van der Waals surface area contributed by atoms with E-state index in [0.29, 0.717) is 15.7 Å². The van der Waals surface area contributed by atoms with Crippen LogP contribution in [0.2, 0.25) is 10.0 Å². The first-order valence-corrected chi connectivity index (χ1v) is 10.2. The van der Waals surface area contributed by atoms with Crippen LogP contribution >= 0.6 is 23.2 Å². The monoisotopic (exact) mass is 438 g/mol. The fourth-order valence-electron chi connectivity index (χ4n) is 4.13. The third kappa shape index (κ3) is 3.06. The molecule has 0 spiro atoms. The van der Waals surface area contributed by atoms with Crippen molar-refractivity contribution in [3.05, 3.63) is 94.5 Å². The molecular formula is C23H16Cl2N2O3. The summed E-state index contributed by atoms with van der Waals surface area (Å²) in [5, 5.41) is 2.37. The van der Waals surface area contributed by atoms with E-state index in [1.807, 2.05) is 60.7 Å². The Morgan fingerprint density at radius 2 is 1.33 bits per heavy atom. The molecule has 0 unspecified atom stereocenters. The smallest absolute Gasteiger partial charge is 0.266 e. The van der Waals surface area contributed by atoms with Crippen LogP contribution in [-0.2, 0) is 14.4 Å². The molecule has 3 aromatic carbocycles. The van der Waals surface area contributed by atoms with E-state index in [-0.39, 0.29) is 5.91 Å². The zero-order valence-electron chi connectivity index (χ0n) is 15.6. The average Bonchev–Trinajstić information content (AvgIpc) is 3.25. The second-order valence-corrected chi connectivity index (χ2v) is 8.08. The van der Waals surface area contributed by atoms with Crippen LogP contribution in [0.15, 0.2) is 78.9 Å². The number of amides is 2. The van der Waals surface area contributed by atoms with Gasteiger partial charge in [-0.1, -0.05) is 71.7 Å². The number of hydrogen-bond donors (Lipinski definition) is 0. The quantitative estimate of drug-likeness (QED) is 0.537. The van der Waals surface area contributed by atoms with E-state index in [9.17, 15) is 9.59 Å². The molecule has 5 rings (SSSR count). The minimum atomic E-state index is -0.930. The number of nitrogens with zero attached hydrogens (tertiary/aromatic N) is 2. The Kier molecular flexibility index (Phi) is 4.74. The Labute approximate surface area is 183 Å². The van der Waals surface area contributed by atoms with E-state index in [1.54, 1.807) is 23.3 Å². The molecule has 0 aromatic heterocycles. The van der Waals surface area contributed by atoms with Crippen LogP contribution in [-0.4, -0.2) is 17.9 Å². The minimum absolute atomic E-state index is 0.337. The normalized spacial score (nSPS) is 23.2. The number of carbonyl (C=O) groups excluding carboxylic acids is 2. The van der Waals surface area contributed by atoms with Crippen LogP contribution in [0.5, 0.6) is 0 Å². The van der Waals surface area contributed by atoms with E-state index in [0.717, 1.165) is 16.2 Å². The molecule has 0 bridgehead atoms. The van der Waals surface area contributed by atoms with Crippen molar-refractivity contribution in [2.45, 2.75) is 12.1 Å². The summed E-state index contributed by atoms with van der Waals surface area (Å²) < 4.78 is 0. The van der Waals surface area contributed by atoms with E-state index < -0.39 is 24.0 Å². The lowest BCUT2D eigenvalue weighted by atomic mass is 9.90. The first kappa shape index (κ1) is 19.1. The van der Waals surface area contributed by atoms with E-state index in [1.165, 1.54) is 0 Å². The third-order valence-corrected chi connectivity index (χ3v) is 5.81. The highest BCUT2D eigenvalue weighted by Gasteiger charge is 2.60. The Bertz CT molecular complexity index is 1100. The number of rotatable bonds is 3. The fourth-order valence-corrected chi connectivity index (χ4v) is 4.64. The van der Waals surface area contributed by atoms with Gasteiger partial charge in [-0.25, -0.2) is 9.96 Å². The maximum atomic E-state index is 13.5. The number of anilines is 2. The van der Waals surface area contributed by atoms with Gasteiger partial charge in [0.2, 0.25) is 5.91 Å². The summed E-state index contributed by atoms with van der Waals surface area (Å²) in [6, 6.07) is 23.2. The molecule has 150 valence electrons. The molecule has 5 nitrogen and oxygen atoms in total. The van der Waals surface area contributed by atoms with Gasteiger partial charge in [-0.3, -0.25) is 14.4 Å². The van der Waals surface area contributed by atoms with Crippen molar-refractivity contribution in [2.24, 2.45) is 5.92 Å². The SMILES string of the molecule is O=C1[C@H]2[C@H](ON(c3ccccc3)[C@@H]2c2ccccc2)C(=O)N1c1cc(Cl)cc(Cl)c1. The Balaban J connectivity index is 1.59. The van der Waals surface area contributed by atoms with Crippen LogP contribution in [0.4, 0.5) is 11.4 Å². The molecule has 7 heteroatoms. The summed E-state index contributed by atoms with van der Waals surface area (Å²) in [5.74, 6) is -1.46. The van der Waals surface area contributed by atoms with Gasteiger partial charge in [0, 0.05) is 10.0 Å². The summed E-state index contributed by atoms with van der Waals surface area (Å²) in [5.41, 5.74) is 2.01. The van der Waals surface area contributed by atoms with Crippen molar-refractivity contribution in [2.75, 3.05) is 9.96 Å². The minimum Gasteiger partial charge on any atom is -0.273 e. The topological polar surface area (TPSA) is 49.9 Å². The molecule has 0 saturated carbocycles. The van der Waals surface area contributed by atoms with Gasteiger partial charge in [0.1, 0.15) is 5.92 Å². The molecule has 3 aromatic rings. The van der Waals surface area contributed by atoms with Crippen molar-refractivity contribution in [3.63, 3.8) is 0 Å². The number of benzene rings is 3. The molecule has 2 aliphatic heterocycles. The lowest BCUT2D eigenvalue weighted by Gasteiger charge is -2.28. The van der Waals surface area contributed by atoms with Gasteiger partial charge >= 0.3 is 0 Å². The standard InChI is InChI=1S/C23H16Cl2N2O3/c24-15-11-16(25)13-18(12-15)26-22(28)19-20(14-7-3-1-4-8-14)27(30-21(19)23(26)29)17-9-5-2-6-10-17/h1-13,19-21H/t19-,20-,21+/m1/s1. The first-order chi connectivity index (χ1) is 14.5. The predicted molar refractivity (Wildman–Crippen MR) is 115 cm³/mol. The zero-order chi connectivity index (χ0) is 20.8. The lowest BCUT2D eigenvalue weighted by molar-refractivity contribution is -0.126. The number of imide groups is 1. The number of hydrogen-bond acceptors (Lipinski definition) is 4. The number of hydroxylamine groups is 1. The van der Waals surface area contributed by atoms with Gasteiger partial charge in [-0.2, -0.15) is 0 Å². The average molecular weight is 439 g/mol. The second kappa shape index (κ2) is 7.43. The molecule has 2 fully saturated rings. The van der Waals surface area contributed by atoms with Gasteiger partial charge < -0.3 is 0 Å². The van der Waals surface area contributed by atoms with Crippen LogP contribution < -0.4 is 9.96 Å². The van der Waals surface area contributed by atoms with Crippen LogP contribution in [0.3, 0.4) is 0 Å². The molecule has 2 saturated heterocycles. The van der Waals surface area contributed by atoms with Gasteiger partial charge in [-0.15, -0.1) is 0 Å². The summed E-state index contributed by atoms with van der Waals surface area (Å²) in [4.78, 5) is 34.0. The van der Waals surface area contributed by atoms with E-state index in [4.69, 9.17) is 28.0 Å². The van der Waals surface area contributed by atoms with Crippen molar-refractivity contribution in [3.8, 4) is 0 Å².